The normalized spacial score (nSPS) is 14.4. The highest BCUT2D eigenvalue weighted by atomic mass is 19.4. The molecule has 118 valence electrons. The van der Waals surface area contributed by atoms with Crippen LogP contribution in [0, 0.1) is 0 Å². The van der Waals surface area contributed by atoms with E-state index in [0.717, 1.165) is 12.1 Å². The Labute approximate surface area is 119 Å². The third-order valence-corrected chi connectivity index (χ3v) is 2.53. The third-order valence-electron chi connectivity index (χ3n) is 2.53. The lowest BCUT2D eigenvalue weighted by Gasteiger charge is -2.15. The van der Waals surface area contributed by atoms with Crippen LogP contribution < -0.4 is 15.8 Å². The first-order valence-electron chi connectivity index (χ1n) is 6.21. The van der Waals surface area contributed by atoms with Gasteiger partial charge in [-0.15, -0.1) is 0 Å². The van der Waals surface area contributed by atoms with Crippen molar-refractivity contribution in [1.82, 2.24) is 5.32 Å². The smallest absolute Gasteiger partial charge is 0.416 e. The Bertz CT molecular complexity index is 478. The van der Waals surface area contributed by atoms with Gasteiger partial charge in [0.2, 0.25) is 5.91 Å². The second-order valence-electron chi connectivity index (χ2n) is 4.52. The van der Waals surface area contributed by atoms with Crippen LogP contribution in [0.25, 0.3) is 0 Å². The fourth-order valence-electron chi connectivity index (χ4n) is 1.39. The summed E-state index contributed by atoms with van der Waals surface area (Å²) in [5.41, 5.74) is 4.48. The quantitative estimate of drug-likeness (QED) is 0.729. The first-order chi connectivity index (χ1) is 9.70. The average molecular weight is 306 g/mol. The number of nitrogens with one attached hydrogen (secondary N) is 1. The number of hydrogen-bond donors (Lipinski definition) is 3. The molecule has 8 heteroatoms. The molecule has 1 amide bonds. The number of nitrogens with two attached hydrogens (primary N) is 1. The van der Waals surface area contributed by atoms with E-state index in [9.17, 15) is 23.1 Å². The van der Waals surface area contributed by atoms with Gasteiger partial charge in [0.05, 0.1) is 11.6 Å². The molecule has 0 fully saturated rings. The summed E-state index contributed by atoms with van der Waals surface area (Å²) >= 11 is 0. The molecule has 0 aliphatic rings. The molecule has 0 saturated heterocycles. The second-order valence-corrected chi connectivity index (χ2v) is 4.52. The van der Waals surface area contributed by atoms with Gasteiger partial charge in [-0.1, -0.05) is 6.07 Å². The van der Waals surface area contributed by atoms with E-state index < -0.39 is 29.8 Å². The average Bonchev–Trinajstić information content (AvgIpc) is 2.41. The maximum atomic E-state index is 12.5. The van der Waals surface area contributed by atoms with Gasteiger partial charge >= 0.3 is 6.18 Å². The molecular formula is C13H17F3N2O3. The van der Waals surface area contributed by atoms with Crippen LogP contribution in [0.1, 0.15) is 12.5 Å². The molecule has 0 aliphatic carbocycles. The molecular weight excluding hydrogens is 289 g/mol. The SMILES string of the molecule is C[C@H](N)C(=O)NCC(O)COc1cccc(C(F)(F)F)c1. The van der Waals surface area contributed by atoms with Crippen molar-refractivity contribution in [1.29, 1.82) is 0 Å². The van der Waals surface area contributed by atoms with Crippen LogP contribution in [0.5, 0.6) is 5.75 Å². The Morgan fingerprint density at radius 2 is 2.14 bits per heavy atom. The van der Waals surface area contributed by atoms with Crippen LogP contribution >= 0.6 is 0 Å². The molecule has 1 unspecified atom stereocenters. The van der Waals surface area contributed by atoms with Crippen molar-refractivity contribution in [3.05, 3.63) is 29.8 Å². The van der Waals surface area contributed by atoms with Crippen molar-refractivity contribution < 1.29 is 27.8 Å². The number of rotatable bonds is 6. The van der Waals surface area contributed by atoms with E-state index in [1.165, 1.54) is 19.1 Å². The Hall–Kier alpha value is -1.80. The van der Waals surface area contributed by atoms with Crippen LogP contribution in [-0.4, -0.2) is 36.3 Å². The highest BCUT2D eigenvalue weighted by Gasteiger charge is 2.30. The zero-order valence-corrected chi connectivity index (χ0v) is 11.4. The third kappa shape index (κ3) is 6.01. The van der Waals surface area contributed by atoms with Crippen molar-refractivity contribution in [2.45, 2.75) is 25.2 Å². The van der Waals surface area contributed by atoms with E-state index >= 15 is 0 Å². The van der Waals surface area contributed by atoms with Crippen molar-refractivity contribution in [2.75, 3.05) is 13.2 Å². The first-order valence-corrected chi connectivity index (χ1v) is 6.21. The van der Waals surface area contributed by atoms with E-state index in [0.29, 0.717) is 0 Å². The van der Waals surface area contributed by atoms with Crippen molar-refractivity contribution >= 4 is 5.91 Å². The minimum atomic E-state index is -4.46. The number of carbonyl (C=O) groups excluding carboxylic acids is 1. The maximum Gasteiger partial charge on any atom is 0.416 e. The van der Waals surface area contributed by atoms with Gasteiger partial charge in [-0.3, -0.25) is 4.79 Å². The molecule has 0 bridgehead atoms. The monoisotopic (exact) mass is 306 g/mol. The summed E-state index contributed by atoms with van der Waals surface area (Å²) in [5.74, 6) is -0.449. The van der Waals surface area contributed by atoms with Gasteiger partial charge in [-0.25, -0.2) is 0 Å². The fraction of sp³-hybridized carbons (Fsp3) is 0.462. The summed E-state index contributed by atoms with van der Waals surface area (Å²) in [6.45, 7) is 1.14. The van der Waals surface area contributed by atoms with Gasteiger partial charge in [0, 0.05) is 6.54 Å². The molecule has 1 aromatic carbocycles. The van der Waals surface area contributed by atoms with E-state index in [1.807, 2.05) is 0 Å². The van der Waals surface area contributed by atoms with E-state index in [-0.39, 0.29) is 18.9 Å². The topological polar surface area (TPSA) is 84.6 Å². The van der Waals surface area contributed by atoms with Crippen molar-refractivity contribution in [2.24, 2.45) is 5.73 Å². The molecule has 1 rings (SSSR count). The number of ether oxygens (including phenoxy) is 1. The molecule has 0 radical (unpaired) electrons. The number of aliphatic hydroxyl groups is 1. The van der Waals surface area contributed by atoms with Crippen molar-refractivity contribution in [3.8, 4) is 5.75 Å². The number of hydrogen-bond acceptors (Lipinski definition) is 4. The van der Waals surface area contributed by atoms with E-state index in [4.69, 9.17) is 10.5 Å². The second kappa shape index (κ2) is 7.28. The van der Waals surface area contributed by atoms with Gasteiger partial charge < -0.3 is 20.9 Å². The zero-order chi connectivity index (χ0) is 16.0. The molecule has 1 aromatic rings. The number of aliphatic hydroxyl groups excluding tert-OH is 1. The zero-order valence-electron chi connectivity index (χ0n) is 11.4. The number of halogens is 3. The number of carbonyl (C=O) groups is 1. The predicted molar refractivity (Wildman–Crippen MR) is 69.6 cm³/mol. The Morgan fingerprint density at radius 1 is 1.48 bits per heavy atom. The Kier molecular flexibility index (Phi) is 5.98. The fourth-order valence-corrected chi connectivity index (χ4v) is 1.39. The largest absolute Gasteiger partial charge is 0.491 e. The summed E-state index contributed by atoms with van der Waals surface area (Å²) in [6, 6.07) is 3.62. The van der Waals surface area contributed by atoms with Gasteiger partial charge in [0.15, 0.2) is 0 Å². The number of alkyl halides is 3. The summed E-state index contributed by atoms with van der Waals surface area (Å²) in [4.78, 5) is 11.2. The summed E-state index contributed by atoms with van der Waals surface area (Å²) in [6.07, 6.45) is -5.51. The first kappa shape index (κ1) is 17.3. The van der Waals surface area contributed by atoms with Crippen LogP contribution in [0.3, 0.4) is 0 Å². The maximum absolute atomic E-state index is 12.5. The van der Waals surface area contributed by atoms with Crippen LogP contribution in [0.2, 0.25) is 0 Å². The van der Waals surface area contributed by atoms with E-state index in [2.05, 4.69) is 5.32 Å². The van der Waals surface area contributed by atoms with Gasteiger partial charge in [0.25, 0.3) is 0 Å². The lowest BCUT2D eigenvalue weighted by molar-refractivity contribution is -0.137. The van der Waals surface area contributed by atoms with Crippen molar-refractivity contribution in [3.63, 3.8) is 0 Å². The summed E-state index contributed by atoms with van der Waals surface area (Å²) < 4.78 is 42.5. The Balaban J connectivity index is 2.46. The van der Waals surface area contributed by atoms with Gasteiger partial charge in [-0.05, 0) is 25.1 Å². The molecule has 0 spiro atoms. The Morgan fingerprint density at radius 3 is 2.71 bits per heavy atom. The molecule has 0 saturated carbocycles. The predicted octanol–water partition coefficient (Wildman–Crippen LogP) is 0.909. The molecule has 2 atom stereocenters. The molecule has 0 aromatic heterocycles. The lowest BCUT2D eigenvalue weighted by atomic mass is 10.2. The standard InChI is InChI=1S/C13H17F3N2O3/c1-8(17)12(20)18-6-10(19)7-21-11-4-2-3-9(5-11)13(14,15)16/h2-5,8,10,19H,6-7,17H2,1H3,(H,18,20)/t8-,10?/m0/s1. The van der Waals surface area contributed by atoms with Gasteiger partial charge in [-0.2, -0.15) is 13.2 Å². The van der Waals surface area contributed by atoms with Gasteiger partial charge in [0.1, 0.15) is 18.5 Å². The van der Waals surface area contributed by atoms with E-state index in [1.54, 1.807) is 0 Å². The number of benzene rings is 1. The minimum Gasteiger partial charge on any atom is -0.491 e. The molecule has 5 nitrogen and oxygen atoms in total. The molecule has 21 heavy (non-hydrogen) atoms. The summed E-state index contributed by atoms with van der Waals surface area (Å²) in [5, 5.41) is 11.9. The highest BCUT2D eigenvalue weighted by Crippen LogP contribution is 2.31. The van der Waals surface area contributed by atoms with Crippen LogP contribution in [0.4, 0.5) is 13.2 Å². The highest BCUT2D eigenvalue weighted by molar-refractivity contribution is 5.80. The molecule has 4 N–H and O–H groups in total. The number of amides is 1. The van der Waals surface area contributed by atoms with Crippen LogP contribution in [-0.2, 0) is 11.0 Å². The summed E-state index contributed by atoms with van der Waals surface area (Å²) in [7, 11) is 0. The minimum absolute atomic E-state index is 0.0117. The van der Waals surface area contributed by atoms with Crippen LogP contribution in [0.15, 0.2) is 24.3 Å². The molecule has 0 aliphatic heterocycles. The molecule has 0 heterocycles. The lowest BCUT2D eigenvalue weighted by Crippen LogP contribution is -2.42.